The molecule has 0 saturated carbocycles. The van der Waals surface area contributed by atoms with E-state index in [2.05, 4.69) is 5.32 Å². The molecule has 0 aliphatic rings. The van der Waals surface area contributed by atoms with Gasteiger partial charge in [-0.3, -0.25) is 4.79 Å². The number of hydrogen-bond acceptors (Lipinski definition) is 3. The number of carbonyl (C=O) groups is 1. The molecule has 0 aliphatic carbocycles. The molecule has 3 N–H and O–H groups in total. The number of carbonyl (C=O) groups excluding carboxylic acids is 1. The second-order valence-corrected chi connectivity index (χ2v) is 4.81. The van der Waals surface area contributed by atoms with E-state index in [-0.39, 0.29) is 5.91 Å². The molecular formula is C15H15ClN2O2. The summed E-state index contributed by atoms with van der Waals surface area (Å²) in [6, 6.07) is 10.2. The number of ether oxygens (including phenoxy) is 1. The lowest BCUT2D eigenvalue weighted by Gasteiger charge is -2.10. The van der Waals surface area contributed by atoms with Gasteiger partial charge in [0.15, 0.2) is 0 Å². The molecule has 0 bridgehead atoms. The maximum atomic E-state index is 12.2. The number of nitrogen functional groups attached to an aromatic ring is 1. The van der Waals surface area contributed by atoms with Gasteiger partial charge in [0.2, 0.25) is 0 Å². The highest BCUT2D eigenvalue weighted by Crippen LogP contribution is 2.25. The Labute approximate surface area is 122 Å². The van der Waals surface area contributed by atoms with Crippen molar-refractivity contribution < 1.29 is 9.53 Å². The van der Waals surface area contributed by atoms with Gasteiger partial charge in [0.05, 0.1) is 12.8 Å². The smallest absolute Gasteiger partial charge is 0.255 e. The molecule has 0 heterocycles. The van der Waals surface area contributed by atoms with Gasteiger partial charge in [-0.25, -0.2) is 0 Å². The largest absolute Gasteiger partial charge is 0.495 e. The molecule has 0 saturated heterocycles. The van der Waals surface area contributed by atoms with Crippen molar-refractivity contribution in [2.45, 2.75) is 6.92 Å². The van der Waals surface area contributed by atoms with Gasteiger partial charge in [0, 0.05) is 22.3 Å². The van der Waals surface area contributed by atoms with E-state index >= 15 is 0 Å². The Morgan fingerprint density at radius 1 is 1.25 bits per heavy atom. The van der Waals surface area contributed by atoms with Crippen LogP contribution in [-0.2, 0) is 0 Å². The lowest BCUT2D eigenvalue weighted by atomic mass is 10.1. The van der Waals surface area contributed by atoms with Gasteiger partial charge in [0.25, 0.3) is 5.91 Å². The van der Waals surface area contributed by atoms with Gasteiger partial charge in [0.1, 0.15) is 5.75 Å². The normalized spacial score (nSPS) is 10.2. The average Bonchev–Trinajstić information content (AvgIpc) is 2.40. The topological polar surface area (TPSA) is 64.3 Å². The van der Waals surface area contributed by atoms with Crippen molar-refractivity contribution >= 4 is 28.9 Å². The van der Waals surface area contributed by atoms with Gasteiger partial charge < -0.3 is 15.8 Å². The number of rotatable bonds is 3. The lowest BCUT2D eigenvalue weighted by molar-refractivity contribution is 0.102. The summed E-state index contributed by atoms with van der Waals surface area (Å²) >= 11 is 5.88. The van der Waals surface area contributed by atoms with Crippen molar-refractivity contribution in [3.8, 4) is 5.75 Å². The summed E-state index contributed by atoms with van der Waals surface area (Å²) in [5.41, 5.74) is 8.26. The summed E-state index contributed by atoms with van der Waals surface area (Å²) < 4.78 is 5.12. The fourth-order valence-electron chi connectivity index (χ4n) is 1.87. The summed E-state index contributed by atoms with van der Waals surface area (Å²) in [7, 11) is 1.53. The van der Waals surface area contributed by atoms with E-state index in [1.165, 1.54) is 7.11 Å². The van der Waals surface area contributed by atoms with Crippen LogP contribution in [0.15, 0.2) is 36.4 Å². The standard InChI is InChI=1S/C15H15ClN2O2/c1-9-7-10(16)3-5-12(9)15(19)18-11-4-6-13(17)14(8-11)20-2/h3-8H,17H2,1-2H3,(H,18,19). The van der Waals surface area contributed by atoms with Crippen LogP contribution in [0.1, 0.15) is 15.9 Å². The van der Waals surface area contributed by atoms with E-state index in [9.17, 15) is 4.79 Å². The fraction of sp³-hybridized carbons (Fsp3) is 0.133. The quantitative estimate of drug-likeness (QED) is 0.851. The number of nitrogens with one attached hydrogen (secondary N) is 1. The molecule has 0 radical (unpaired) electrons. The molecule has 0 spiro atoms. The second kappa shape index (κ2) is 5.84. The second-order valence-electron chi connectivity index (χ2n) is 4.37. The molecule has 0 atom stereocenters. The number of methoxy groups -OCH3 is 1. The first-order valence-corrected chi connectivity index (χ1v) is 6.40. The number of halogens is 1. The number of aryl methyl sites for hydroxylation is 1. The van der Waals surface area contributed by atoms with E-state index in [0.717, 1.165) is 5.56 Å². The van der Waals surface area contributed by atoms with Gasteiger partial charge in [-0.2, -0.15) is 0 Å². The number of hydrogen-bond donors (Lipinski definition) is 2. The molecule has 4 nitrogen and oxygen atoms in total. The van der Waals surface area contributed by atoms with Crippen LogP contribution < -0.4 is 15.8 Å². The van der Waals surface area contributed by atoms with Crippen LogP contribution in [0.4, 0.5) is 11.4 Å². The Balaban J connectivity index is 2.23. The van der Waals surface area contributed by atoms with Crippen molar-refractivity contribution in [3.05, 3.63) is 52.5 Å². The van der Waals surface area contributed by atoms with Gasteiger partial charge >= 0.3 is 0 Å². The summed E-state index contributed by atoms with van der Waals surface area (Å²) in [5.74, 6) is 0.321. The van der Waals surface area contributed by atoms with Crippen molar-refractivity contribution in [2.24, 2.45) is 0 Å². The zero-order valence-electron chi connectivity index (χ0n) is 11.2. The van der Waals surface area contributed by atoms with Crippen LogP contribution in [0.2, 0.25) is 5.02 Å². The lowest BCUT2D eigenvalue weighted by Crippen LogP contribution is -2.13. The summed E-state index contributed by atoms with van der Waals surface area (Å²) in [6.07, 6.45) is 0. The van der Waals surface area contributed by atoms with Crippen LogP contribution in [0.5, 0.6) is 5.75 Å². The SMILES string of the molecule is COc1cc(NC(=O)c2ccc(Cl)cc2C)ccc1N. The third kappa shape index (κ3) is 3.03. The highest BCUT2D eigenvalue weighted by Gasteiger charge is 2.10. The molecule has 0 aliphatic heterocycles. The molecule has 5 heteroatoms. The Morgan fingerprint density at radius 3 is 2.65 bits per heavy atom. The molecule has 0 aromatic heterocycles. The molecule has 2 rings (SSSR count). The molecule has 0 fully saturated rings. The Kier molecular flexibility index (Phi) is 4.15. The Morgan fingerprint density at radius 2 is 2.00 bits per heavy atom. The molecule has 0 unspecified atom stereocenters. The molecule has 20 heavy (non-hydrogen) atoms. The molecule has 104 valence electrons. The monoisotopic (exact) mass is 290 g/mol. The fourth-order valence-corrected chi connectivity index (χ4v) is 2.10. The number of benzene rings is 2. The highest BCUT2D eigenvalue weighted by molar-refractivity contribution is 6.30. The summed E-state index contributed by atoms with van der Waals surface area (Å²) in [4.78, 5) is 12.2. The predicted octanol–water partition coefficient (Wildman–Crippen LogP) is 3.49. The van der Waals surface area contributed by atoms with Crippen molar-refractivity contribution in [3.63, 3.8) is 0 Å². The van der Waals surface area contributed by atoms with E-state index in [0.29, 0.717) is 27.7 Å². The maximum Gasteiger partial charge on any atom is 0.255 e. The number of anilines is 2. The highest BCUT2D eigenvalue weighted by atomic mass is 35.5. The molecule has 2 aromatic rings. The zero-order valence-corrected chi connectivity index (χ0v) is 12.0. The third-order valence-corrected chi connectivity index (χ3v) is 3.16. The molecule has 1 amide bonds. The summed E-state index contributed by atoms with van der Waals surface area (Å²) in [5, 5.41) is 3.41. The summed E-state index contributed by atoms with van der Waals surface area (Å²) in [6.45, 7) is 1.84. The minimum absolute atomic E-state index is 0.203. The zero-order chi connectivity index (χ0) is 14.7. The van der Waals surface area contributed by atoms with Gasteiger partial charge in [-0.15, -0.1) is 0 Å². The van der Waals surface area contributed by atoms with E-state index in [1.54, 1.807) is 36.4 Å². The van der Waals surface area contributed by atoms with E-state index in [4.69, 9.17) is 22.1 Å². The number of nitrogens with two attached hydrogens (primary N) is 1. The van der Waals surface area contributed by atoms with Crippen LogP contribution in [-0.4, -0.2) is 13.0 Å². The first kappa shape index (κ1) is 14.2. The average molecular weight is 291 g/mol. The van der Waals surface area contributed by atoms with Crippen molar-refractivity contribution in [1.82, 2.24) is 0 Å². The number of amides is 1. The van der Waals surface area contributed by atoms with Crippen LogP contribution >= 0.6 is 11.6 Å². The Hall–Kier alpha value is -2.20. The van der Waals surface area contributed by atoms with E-state index < -0.39 is 0 Å². The van der Waals surface area contributed by atoms with Crippen LogP contribution in [0.25, 0.3) is 0 Å². The van der Waals surface area contributed by atoms with E-state index in [1.807, 2.05) is 6.92 Å². The van der Waals surface area contributed by atoms with Crippen molar-refractivity contribution in [2.75, 3.05) is 18.2 Å². The van der Waals surface area contributed by atoms with Crippen molar-refractivity contribution in [1.29, 1.82) is 0 Å². The maximum absolute atomic E-state index is 12.2. The Bertz CT molecular complexity index is 656. The first-order valence-electron chi connectivity index (χ1n) is 6.02. The predicted molar refractivity (Wildman–Crippen MR) is 81.5 cm³/mol. The minimum Gasteiger partial charge on any atom is -0.495 e. The van der Waals surface area contributed by atoms with Gasteiger partial charge in [-0.05, 0) is 42.8 Å². The minimum atomic E-state index is -0.203. The molecule has 2 aromatic carbocycles. The first-order chi connectivity index (χ1) is 9.51. The van der Waals surface area contributed by atoms with Gasteiger partial charge in [-0.1, -0.05) is 11.6 Å². The van der Waals surface area contributed by atoms with Crippen LogP contribution in [0, 0.1) is 6.92 Å². The third-order valence-electron chi connectivity index (χ3n) is 2.92. The van der Waals surface area contributed by atoms with Crippen LogP contribution in [0.3, 0.4) is 0 Å². The molecular weight excluding hydrogens is 276 g/mol.